The summed E-state index contributed by atoms with van der Waals surface area (Å²) in [4.78, 5) is 2.23. The fourth-order valence-electron chi connectivity index (χ4n) is 1.84. The first-order chi connectivity index (χ1) is 7.11. The van der Waals surface area contributed by atoms with Crippen LogP contribution in [0.4, 0.5) is 5.69 Å². The van der Waals surface area contributed by atoms with Crippen LogP contribution in [0.15, 0.2) is 18.2 Å². The first-order valence-electron chi connectivity index (χ1n) is 5.30. The molecule has 0 aromatic heterocycles. The third kappa shape index (κ3) is 2.29. The highest BCUT2D eigenvalue weighted by Gasteiger charge is 2.12. The summed E-state index contributed by atoms with van der Waals surface area (Å²) in [5, 5.41) is 7.57. The van der Waals surface area contributed by atoms with Crippen LogP contribution in [0.2, 0.25) is 0 Å². The molecular formula is C12H19N3. The van der Waals surface area contributed by atoms with Crippen molar-refractivity contribution in [2.75, 3.05) is 18.0 Å². The van der Waals surface area contributed by atoms with E-state index in [1.54, 1.807) is 0 Å². The molecule has 3 nitrogen and oxygen atoms in total. The fraction of sp³-hybridized carbons (Fsp3) is 0.417. The van der Waals surface area contributed by atoms with Gasteiger partial charge in [-0.25, -0.2) is 0 Å². The SMILES string of the molecule is CCN(CC)c1c(C)cccc1C(=N)N. The summed E-state index contributed by atoms with van der Waals surface area (Å²) in [5.41, 5.74) is 8.68. The molecule has 0 fully saturated rings. The molecule has 0 saturated carbocycles. The van der Waals surface area contributed by atoms with E-state index < -0.39 is 0 Å². The van der Waals surface area contributed by atoms with Gasteiger partial charge in [0.15, 0.2) is 0 Å². The number of hydrogen-bond donors (Lipinski definition) is 2. The first-order valence-corrected chi connectivity index (χ1v) is 5.30. The molecule has 0 atom stereocenters. The van der Waals surface area contributed by atoms with Crippen molar-refractivity contribution in [2.24, 2.45) is 5.73 Å². The Balaban J connectivity index is 3.29. The number of para-hydroxylation sites is 1. The molecule has 1 aromatic carbocycles. The van der Waals surface area contributed by atoms with Crippen molar-refractivity contribution in [3.8, 4) is 0 Å². The Bertz CT molecular complexity index is 354. The van der Waals surface area contributed by atoms with Gasteiger partial charge in [-0.1, -0.05) is 12.1 Å². The number of nitrogens with two attached hydrogens (primary N) is 1. The molecule has 0 bridgehead atoms. The van der Waals surface area contributed by atoms with Crippen LogP contribution in [0.25, 0.3) is 0 Å². The lowest BCUT2D eigenvalue weighted by molar-refractivity contribution is 0.860. The summed E-state index contributed by atoms with van der Waals surface area (Å²) >= 11 is 0. The third-order valence-corrected chi connectivity index (χ3v) is 2.61. The number of nitrogen functional groups attached to an aromatic ring is 1. The van der Waals surface area contributed by atoms with E-state index in [1.165, 1.54) is 5.56 Å². The molecule has 0 heterocycles. The molecule has 82 valence electrons. The van der Waals surface area contributed by atoms with Crippen LogP contribution >= 0.6 is 0 Å². The van der Waals surface area contributed by atoms with Gasteiger partial charge in [-0.3, -0.25) is 5.41 Å². The zero-order valence-electron chi connectivity index (χ0n) is 9.67. The van der Waals surface area contributed by atoms with E-state index in [0.29, 0.717) is 0 Å². The lowest BCUT2D eigenvalue weighted by Gasteiger charge is -2.25. The Morgan fingerprint density at radius 2 is 1.93 bits per heavy atom. The average molecular weight is 205 g/mol. The summed E-state index contributed by atoms with van der Waals surface area (Å²) in [5.74, 6) is 0.139. The van der Waals surface area contributed by atoms with E-state index in [9.17, 15) is 0 Å². The number of amidine groups is 1. The molecule has 0 aliphatic rings. The van der Waals surface area contributed by atoms with E-state index in [-0.39, 0.29) is 5.84 Å². The van der Waals surface area contributed by atoms with Crippen molar-refractivity contribution < 1.29 is 0 Å². The molecule has 0 aliphatic carbocycles. The van der Waals surface area contributed by atoms with Crippen LogP contribution < -0.4 is 10.6 Å². The van der Waals surface area contributed by atoms with E-state index >= 15 is 0 Å². The Morgan fingerprint density at radius 3 is 2.40 bits per heavy atom. The van der Waals surface area contributed by atoms with Crippen LogP contribution in [0.5, 0.6) is 0 Å². The lowest BCUT2D eigenvalue weighted by Crippen LogP contribution is -2.26. The molecular weight excluding hydrogens is 186 g/mol. The smallest absolute Gasteiger partial charge is 0.124 e. The van der Waals surface area contributed by atoms with Gasteiger partial charge in [0.05, 0.1) is 5.69 Å². The number of hydrogen-bond acceptors (Lipinski definition) is 2. The number of nitrogens with zero attached hydrogens (tertiary/aromatic N) is 1. The van der Waals surface area contributed by atoms with Crippen molar-refractivity contribution in [1.82, 2.24) is 0 Å². The van der Waals surface area contributed by atoms with Gasteiger partial charge < -0.3 is 10.6 Å². The van der Waals surface area contributed by atoms with E-state index in [4.69, 9.17) is 11.1 Å². The van der Waals surface area contributed by atoms with Gasteiger partial charge in [0, 0.05) is 18.7 Å². The molecule has 0 radical (unpaired) electrons. The highest BCUT2D eigenvalue weighted by molar-refractivity contribution is 6.01. The summed E-state index contributed by atoms with van der Waals surface area (Å²) in [6.45, 7) is 8.14. The largest absolute Gasteiger partial charge is 0.384 e. The van der Waals surface area contributed by atoms with E-state index in [2.05, 4.69) is 31.7 Å². The highest BCUT2D eigenvalue weighted by Crippen LogP contribution is 2.24. The normalized spacial score (nSPS) is 10.1. The zero-order chi connectivity index (χ0) is 11.4. The molecule has 0 aliphatic heterocycles. The number of benzene rings is 1. The Kier molecular flexibility index (Phi) is 3.72. The quantitative estimate of drug-likeness (QED) is 0.584. The molecule has 1 aromatic rings. The molecule has 0 spiro atoms. The number of anilines is 1. The standard InChI is InChI=1S/C12H19N3/c1-4-15(5-2)11-9(3)7-6-8-10(11)12(13)14/h6-8H,4-5H2,1-3H3,(H3,13,14). The second-order valence-electron chi connectivity index (χ2n) is 3.56. The average Bonchev–Trinajstić information content (AvgIpc) is 2.21. The highest BCUT2D eigenvalue weighted by atomic mass is 15.1. The monoisotopic (exact) mass is 205 g/mol. The van der Waals surface area contributed by atoms with Gasteiger partial charge in [0.25, 0.3) is 0 Å². The molecule has 15 heavy (non-hydrogen) atoms. The second-order valence-corrected chi connectivity index (χ2v) is 3.56. The minimum Gasteiger partial charge on any atom is -0.384 e. The van der Waals surface area contributed by atoms with Crippen molar-refractivity contribution in [3.63, 3.8) is 0 Å². The Morgan fingerprint density at radius 1 is 1.33 bits per heavy atom. The second kappa shape index (κ2) is 4.82. The first kappa shape index (κ1) is 11.6. The van der Waals surface area contributed by atoms with Gasteiger partial charge in [0.1, 0.15) is 5.84 Å². The van der Waals surface area contributed by atoms with Gasteiger partial charge in [0.2, 0.25) is 0 Å². The zero-order valence-corrected chi connectivity index (χ0v) is 9.67. The minimum atomic E-state index is 0.139. The summed E-state index contributed by atoms with van der Waals surface area (Å²) in [6.07, 6.45) is 0. The molecule has 0 amide bonds. The number of aryl methyl sites for hydroxylation is 1. The van der Waals surface area contributed by atoms with Crippen molar-refractivity contribution >= 4 is 11.5 Å². The number of nitrogens with one attached hydrogen (secondary N) is 1. The molecule has 3 heteroatoms. The molecule has 1 rings (SSSR count). The minimum absolute atomic E-state index is 0.139. The summed E-state index contributed by atoms with van der Waals surface area (Å²) in [7, 11) is 0. The van der Waals surface area contributed by atoms with Gasteiger partial charge in [-0.05, 0) is 32.4 Å². The van der Waals surface area contributed by atoms with Gasteiger partial charge in [-0.15, -0.1) is 0 Å². The summed E-state index contributed by atoms with van der Waals surface area (Å²) < 4.78 is 0. The van der Waals surface area contributed by atoms with Gasteiger partial charge >= 0.3 is 0 Å². The molecule has 0 unspecified atom stereocenters. The maximum Gasteiger partial charge on any atom is 0.124 e. The van der Waals surface area contributed by atoms with Crippen LogP contribution in [-0.2, 0) is 0 Å². The topological polar surface area (TPSA) is 53.1 Å². The predicted molar refractivity (Wildman–Crippen MR) is 65.8 cm³/mol. The summed E-state index contributed by atoms with van der Waals surface area (Å²) in [6, 6.07) is 5.90. The van der Waals surface area contributed by atoms with Crippen molar-refractivity contribution in [1.29, 1.82) is 5.41 Å². The maximum atomic E-state index is 7.57. The predicted octanol–water partition coefficient (Wildman–Crippen LogP) is 2.13. The van der Waals surface area contributed by atoms with Crippen molar-refractivity contribution in [3.05, 3.63) is 29.3 Å². The maximum absolute atomic E-state index is 7.57. The van der Waals surface area contributed by atoms with Crippen LogP contribution in [-0.4, -0.2) is 18.9 Å². The van der Waals surface area contributed by atoms with Crippen molar-refractivity contribution in [2.45, 2.75) is 20.8 Å². The Hall–Kier alpha value is -1.51. The lowest BCUT2D eigenvalue weighted by atomic mass is 10.1. The molecule has 3 N–H and O–H groups in total. The Labute approximate surface area is 91.4 Å². The van der Waals surface area contributed by atoms with Crippen LogP contribution in [0, 0.1) is 12.3 Å². The van der Waals surface area contributed by atoms with Gasteiger partial charge in [-0.2, -0.15) is 0 Å². The molecule has 0 saturated heterocycles. The van der Waals surface area contributed by atoms with Crippen LogP contribution in [0.1, 0.15) is 25.0 Å². The number of rotatable bonds is 4. The van der Waals surface area contributed by atoms with E-state index in [0.717, 1.165) is 24.3 Å². The van der Waals surface area contributed by atoms with Crippen LogP contribution in [0.3, 0.4) is 0 Å². The third-order valence-electron chi connectivity index (χ3n) is 2.61. The van der Waals surface area contributed by atoms with E-state index in [1.807, 2.05) is 12.1 Å². The fourth-order valence-corrected chi connectivity index (χ4v) is 1.84.